The van der Waals surface area contributed by atoms with Crippen LogP contribution in [0.3, 0.4) is 0 Å². The van der Waals surface area contributed by atoms with E-state index in [9.17, 15) is 18.4 Å². The van der Waals surface area contributed by atoms with E-state index in [0.29, 0.717) is 37.4 Å². The summed E-state index contributed by atoms with van der Waals surface area (Å²) in [4.78, 5) is 28.7. The lowest BCUT2D eigenvalue weighted by Gasteiger charge is -2.23. The minimum Gasteiger partial charge on any atom is -0.496 e. The maximum atomic E-state index is 13.5. The lowest BCUT2D eigenvalue weighted by Crippen LogP contribution is -2.37. The van der Waals surface area contributed by atoms with E-state index >= 15 is 0 Å². The predicted octanol–water partition coefficient (Wildman–Crippen LogP) is 3.62. The molecule has 0 radical (unpaired) electrons. The fourth-order valence-corrected chi connectivity index (χ4v) is 3.40. The number of benzene rings is 2. The molecule has 2 aromatic carbocycles. The van der Waals surface area contributed by atoms with Crippen molar-refractivity contribution in [2.24, 2.45) is 0 Å². The molecule has 1 saturated heterocycles. The van der Waals surface area contributed by atoms with E-state index in [2.05, 4.69) is 0 Å². The van der Waals surface area contributed by atoms with Gasteiger partial charge in [-0.1, -0.05) is 23.7 Å². The number of ether oxygens (including phenoxy) is 1. The van der Waals surface area contributed by atoms with Gasteiger partial charge in [0.2, 0.25) is 0 Å². The topological polar surface area (TPSA) is 49.9 Å². The van der Waals surface area contributed by atoms with Crippen molar-refractivity contribution in [1.29, 1.82) is 0 Å². The van der Waals surface area contributed by atoms with Gasteiger partial charge in [0, 0.05) is 26.2 Å². The smallest absolute Gasteiger partial charge is 0.257 e. The van der Waals surface area contributed by atoms with Crippen LogP contribution in [-0.4, -0.2) is 54.9 Å². The molecule has 2 aromatic rings. The van der Waals surface area contributed by atoms with Gasteiger partial charge in [-0.05, 0) is 30.7 Å². The van der Waals surface area contributed by atoms with Gasteiger partial charge in [-0.3, -0.25) is 9.59 Å². The minimum atomic E-state index is -1.13. The fraction of sp³-hybridized carbons (Fsp3) is 0.300. The molecule has 0 aliphatic carbocycles. The zero-order valence-electron chi connectivity index (χ0n) is 15.3. The average molecular weight is 409 g/mol. The second-order valence-electron chi connectivity index (χ2n) is 6.38. The molecule has 0 N–H and O–H groups in total. The Kier molecular flexibility index (Phi) is 6.14. The molecule has 0 saturated carbocycles. The fourth-order valence-electron chi connectivity index (χ4n) is 3.17. The first kappa shape index (κ1) is 20.1. The maximum Gasteiger partial charge on any atom is 0.257 e. The zero-order valence-corrected chi connectivity index (χ0v) is 16.0. The summed E-state index contributed by atoms with van der Waals surface area (Å²) in [5, 5.41) is -0.143. The Balaban J connectivity index is 1.74. The second-order valence-corrected chi connectivity index (χ2v) is 6.79. The molecule has 0 unspecified atom stereocenters. The van der Waals surface area contributed by atoms with Gasteiger partial charge in [0.05, 0.1) is 23.3 Å². The van der Waals surface area contributed by atoms with Crippen molar-refractivity contribution in [3.05, 3.63) is 64.2 Å². The number of para-hydroxylation sites is 1. The van der Waals surface area contributed by atoms with E-state index in [-0.39, 0.29) is 23.0 Å². The van der Waals surface area contributed by atoms with Gasteiger partial charge in [0.25, 0.3) is 11.8 Å². The third-order valence-electron chi connectivity index (χ3n) is 4.65. The quantitative estimate of drug-likeness (QED) is 0.729. The van der Waals surface area contributed by atoms with E-state index in [1.54, 1.807) is 29.2 Å². The van der Waals surface area contributed by atoms with Crippen LogP contribution >= 0.6 is 11.6 Å². The van der Waals surface area contributed by atoms with E-state index < -0.39 is 17.5 Å². The number of hydrogen-bond acceptors (Lipinski definition) is 3. The predicted molar refractivity (Wildman–Crippen MR) is 101 cm³/mol. The Labute approximate surface area is 166 Å². The van der Waals surface area contributed by atoms with Crippen LogP contribution in [0.5, 0.6) is 5.75 Å². The monoisotopic (exact) mass is 408 g/mol. The van der Waals surface area contributed by atoms with Crippen molar-refractivity contribution < 1.29 is 23.1 Å². The molecule has 148 valence electrons. The first-order chi connectivity index (χ1) is 13.4. The van der Waals surface area contributed by atoms with Gasteiger partial charge >= 0.3 is 0 Å². The van der Waals surface area contributed by atoms with Gasteiger partial charge in [-0.2, -0.15) is 0 Å². The van der Waals surface area contributed by atoms with Crippen LogP contribution in [0.4, 0.5) is 8.78 Å². The summed E-state index contributed by atoms with van der Waals surface area (Å²) in [6.07, 6.45) is 0.550. The highest BCUT2D eigenvalue weighted by atomic mass is 35.5. The van der Waals surface area contributed by atoms with Crippen LogP contribution in [0.15, 0.2) is 36.4 Å². The summed E-state index contributed by atoms with van der Waals surface area (Å²) in [7, 11) is 1.50. The first-order valence-electron chi connectivity index (χ1n) is 8.78. The Hall–Kier alpha value is -2.67. The SMILES string of the molecule is COc1ccccc1C(=O)N1CCCN(C(=O)c2cc(F)c(F)cc2Cl)CC1. The molecule has 1 aliphatic rings. The molecular weight excluding hydrogens is 390 g/mol. The molecule has 3 rings (SSSR count). The Bertz CT molecular complexity index is 907. The molecule has 1 fully saturated rings. The Morgan fingerprint density at radius 3 is 2.14 bits per heavy atom. The molecule has 0 bridgehead atoms. The third-order valence-corrected chi connectivity index (χ3v) is 4.96. The molecule has 8 heteroatoms. The largest absolute Gasteiger partial charge is 0.496 e. The van der Waals surface area contributed by atoms with Crippen molar-refractivity contribution in [2.45, 2.75) is 6.42 Å². The number of halogens is 3. The van der Waals surface area contributed by atoms with Crippen LogP contribution in [0, 0.1) is 11.6 Å². The summed E-state index contributed by atoms with van der Waals surface area (Å²) in [5.41, 5.74) is 0.360. The Morgan fingerprint density at radius 2 is 1.50 bits per heavy atom. The summed E-state index contributed by atoms with van der Waals surface area (Å²) >= 11 is 5.92. The summed E-state index contributed by atoms with van der Waals surface area (Å²) < 4.78 is 32.0. The average Bonchev–Trinajstić information content (AvgIpc) is 2.96. The molecule has 0 aromatic heterocycles. The van der Waals surface area contributed by atoms with E-state index in [1.807, 2.05) is 0 Å². The van der Waals surface area contributed by atoms with Crippen LogP contribution in [-0.2, 0) is 0 Å². The van der Waals surface area contributed by atoms with Gasteiger partial charge in [-0.15, -0.1) is 0 Å². The van der Waals surface area contributed by atoms with Gasteiger partial charge < -0.3 is 14.5 Å². The minimum absolute atomic E-state index is 0.0925. The summed E-state index contributed by atoms with van der Waals surface area (Å²) in [6, 6.07) is 8.54. The zero-order chi connectivity index (χ0) is 20.3. The normalized spacial score (nSPS) is 14.6. The first-order valence-corrected chi connectivity index (χ1v) is 9.16. The number of hydrogen-bond donors (Lipinski definition) is 0. The second kappa shape index (κ2) is 8.56. The maximum absolute atomic E-state index is 13.5. The summed E-state index contributed by atoms with van der Waals surface area (Å²) in [5.74, 6) is -2.42. The highest BCUT2D eigenvalue weighted by Crippen LogP contribution is 2.23. The number of nitrogens with zero attached hydrogens (tertiary/aromatic N) is 2. The van der Waals surface area contributed by atoms with E-state index in [4.69, 9.17) is 16.3 Å². The number of rotatable bonds is 3. The van der Waals surface area contributed by atoms with Crippen LogP contribution in [0.1, 0.15) is 27.1 Å². The van der Waals surface area contributed by atoms with Crippen LogP contribution in [0.25, 0.3) is 0 Å². The molecule has 5 nitrogen and oxygen atoms in total. The molecule has 0 atom stereocenters. The van der Waals surface area contributed by atoms with Crippen molar-refractivity contribution in [3.63, 3.8) is 0 Å². The van der Waals surface area contributed by atoms with Crippen LogP contribution < -0.4 is 4.74 Å². The third kappa shape index (κ3) is 4.09. The number of carbonyl (C=O) groups excluding carboxylic acids is 2. The van der Waals surface area contributed by atoms with Crippen molar-refractivity contribution in [2.75, 3.05) is 33.3 Å². The van der Waals surface area contributed by atoms with Crippen molar-refractivity contribution in [3.8, 4) is 5.75 Å². The molecule has 1 aliphatic heterocycles. The Morgan fingerprint density at radius 1 is 0.929 bits per heavy atom. The van der Waals surface area contributed by atoms with Gasteiger partial charge in [-0.25, -0.2) is 8.78 Å². The highest BCUT2D eigenvalue weighted by Gasteiger charge is 2.26. The molecular formula is C20H19ClF2N2O3. The van der Waals surface area contributed by atoms with E-state index in [0.717, 1.165) is 12.1 Å². The lowest BCUT2D eigenvalue weighted by atomic mass is 10.1. The molecule has 2 amide bonds. The van der Waals surface area contributed by atoms with Crippen molar-refractivity contribution in [1.82, 2.24) is 9.80 Å². The van der Waals surface area contributed by atoms with Gasteiger partial charge in [0.15, 0.2) is 11.6 Å². The molecule has 0 spiro atoms. The molecule has 1 heterocycles. The van der Waals surface area contributed by atoms with Crippen molar-refractivity contribution >= 4 is 23.4 Å². The lowest BCUT2D eigenvalue weighted by molar-refractivity contribution is 0.0716. The number of amides is 2. The number of methoxy groups -OCH3 is 1. The van der Waals surface area contributed by atoms with Crippen LogP contribution in [0.2, 0.25) is 5.02 Å². The van der Waals surface area contributed by atoms with Gasteiger partial charge in [0.1, 0.15) is 5.75 Å². The standard InChI is InChI=1S/C20H19ClF2N2O3/c1-28-18-6-3-2-5-13(18)19(26)24-7-4-8-25(10-9-24)20(27)14-11-16(22)17(23)12-15(14)21/h2-3,5-6,11-12H,4,7-10H2,1H3. The summed E-state index contributed by atoms with van der Waals surface area (Å²) in [6.45, 7) is 1.41. The number of carbonyl (C=O) groups is 2. The highest BCUT2D eigenvalue weighted by molar-refractivity contribution is 6.33. The van der Waals surface area contributed by atoms with E-state index in [1.165, 1.54) is 12.0 Å². The molecule has 28 heavy (non-hydrogen) atoms.